The number of hydrogen-bond acceptors (Lipinski definition) is 2. The first kappa shape index (κ1) is 13.0. The van der Waals surface area contributed by atoms with Crippen molar-refractivity contribution < 1.29 is 9.90 Å². The van der Waals surface area contributed by atoms with Gasteiger partial charge < -0.3 is 10.4 Å². The molecule has 0 bridgehead atoms. The van der Waals surface area contributed by atoms with E-state index in [2.05, 4.69) is 5.32 Å². The third kappa shape index (κ3) is 3.83. The van der Waals surface area contributed by atoms with Crippen molar-refractivity contribution in [2.45, 2.75) is 25.9 Å². The number of benzene rings is 1. The first-order chi connectivity index (χ1) is 7.65. The van der Waals surface area contributed by atoms with Gasteiger partial charge in [-0.3, -0.25) is 4.79 Å². The number of aliphatic hydroxyl groups excluding tert-OH is 1. The largest absolute Gasteiger partial charge is 0.393 e. The van der Waals surface area contributed by atoms with Crippen molar-refractivity contribution in [2.75, 3.05) is 6.54 Å². The van der Waals surface area contributed by atoms with Crippen LogP contribution >= 0.6 is 11.6 Å². The van der Waals surface area contributed by atoms with Crippen LogP contribution in [0.15, 0.2) is 24.3 Å². The predicted molar refractivity (Wildman–Crippen MR) is 64.7 cm³/mol. The molecule has 1 aromatic carbocycles. The van der Waals surface area contributed by atoms with E-state index < -0.39 is 0 Å². The van der Waals surface area contributed by atoms with Crippen LogP contribution in [0.4, 0.5) is 0 Å². The second kappa shape index (κ2) is 6.51. The zero-order valence-electron chi connectivity index (χ0n) is 9.24. The normalized spacial score (nSPS) is 12.2. The Morgan fingerprint density at radius 1 is 1.50 bits per heavy atom. The van der Waals surface area contributed by atoms with Gasteiger partial charge in [-0.2, -0.15) is 0 Å². The summed E-state index contributed by atoms with van der Waals surface area (Å²) in [5, 5.41) is 12.5. The van der Waals surface area contributed by atoms with Gasteiger partial charge in [-0.15, -0.1) is 0 Å². The maximum absolute atomic E-state index is 11.7. The van der Waals surface area contributed by atoms with Crippen molar-refractivity contribution in [3.05, 3.63) is 34.9 Å². The third-order valence-electron chi connectivity index (χ3n) is 2.35. The summed E-state index contributed by atoms with van der Waals surface area (Å²) >= 11 is 5.88. The van der Waals surface area contributed by atoms with Crippen molar-refractivity contribution in [2.24, 2.45) is 0 Å². The summed E-state index contributed by atoms with van der Waals surface area (Å²) in [7, 11) is 0. The molecule has 3 nitrogen and oxygen atoms in total. The molecule has 0 saturated heterocycles. The van der Waals surface area contributed by atoms with Gasteiger partial charge in [-0.05, 0) is 25.0 Å². The molecular formula is C12H16ClNO2. The van der Waals surface area contributed by atoms with E-state index in [4.69, 9.17) is 11.6 Å². The van der Waals surface area contributed by atoms with Gasteiger partial charge in [-0.25, -0.2) is 0 Å². The molecule has 2 N–H and O–H groups in total. The first-order valence-electron chi connectivity index (χ1n) is 5.36. The van der Waals surface area contributed by atoms with Crippen molar-refractivity contribution >= 4 is 17.5 Å². The Morgan fingerprint density at radius 2 is 2.19 bits per heavy atom. The van der Waals surface area contributed by atoms with Gasteiger partial charge in [0.25, 0.3) is 5.91 Å². The fourth-order valence-electron chi connectivity index (χ4n) is 1.30. The van der Waals surface area contributed by atoms with Crippen LogP contribution in [0.1, 0.15) is 30.1 Å². The second-order valence-electron chi connectivity index (χ2n) is 3.59. The molecule has 0 radical (unpaired) electrons. The van der Waals surface area contributed by atoms with Gasteiger partial charge in [-0.1, -0.05) is 30.7 Å². The first-order valence-corrected chi connectivity index (χ1v) is 5.73. The number of aliphatic hydroxyl groups is 1. The number of rotatable bonds is 5. The zero-order valence-corrected chi connectivity index (χ0v) is 10.00. The predicted octanol–water partition coefficient (Wildman–Crippen LogP) is 2.23. The Hall–Kier alpha value is -1.06. The minimum atomic E-state index is -0.355. The van der Waals surface area contributed by atoms with E-state index in [0.717, 1.165) is 0 Å². The fraction of sp³-hybridized carbons (Fsp3) is 0.417. The molecule has 1 unspecified atom stereocenters. The van der Waals surface area contributed by atoms with Gasteiger partial charge in [0.2, 0.25) is 0 Å². The average molecular weight is 242 g/mol. The molecule has 1 rings (SSSR count). The number of carbonyl (C=O) groups is 1. The smallest absolute Gasteiger partial charge is 0.252 e. The molecular weight excluding hydrogens is 226 g/mol. The number of carbonyl (C=O) groups excluding carboxylic acids is 1. The van der Waals surface area contributed by atoms with Gasteiger partial charge in [0.1, 0.15) is 0 Å². The molecule has 0 spiro atoms. The average Bonchev–Trinajstić information content (AvgIpc) is 2.29. The number of amides is 1. The summed E-state index contributed by atoms with van der Waals surface area (Å²) < 4.78 is 0. The summed E-state index contributed by atoms with van der Waals surface area (Å²) in [6.07, 6.45) is 0.904. The Kier molecular flexibility index (Phi) is 5.29. The zero-order chi connectivity index (χ0) is 12.0. The maximum Gasteiger partial charge on any atom is 0.252 e. The van der Waals surface area contributed by atoms with E-state index in [0.29, 0.717) is 30.0 Å². The number of halogens is 1. The highest BCUT2D eigenvalue weighted by Crippen LogP contribution is 2.14. The summed E-state index contributed by atoms with van der Waals surface area (Å²) in [5.74, 6) is -0.200. The molecule has 4 heteroatoms. The van der Waals surface area contributed by atoms with E-state index in [9.17, 15) is 9.90 Å². The Labute approximate surface area is 100 Å². The summed E-state index contributed by atoms with van der Waals surface area (Å²) in [6, 6.07) is 6.90. The lowest BCUT2D eigenvalue weighted by atomic mass is 10.2. The Bertz CT molecular complexity index is 355. The van der Waals surface area contributed by atoms with Gasteiger partial charge in [0.15, 0.2) is 0 Å². The lowest BCUT2D eigenvalue weighted by molar-refractivity contribution is 0.0942. The third-order valence-corrected chi connectivity index (χ3v) is 2.68. The summed E-state index contributed by atoms with van der Waals surface area (Å²) in [4.78, 5) is 11.7. The van der Waals surface area contributed by atoms with Crippen molar-refractivity contribution in [1.82, 2.24) is 5.32 Å². The van der Waals surface area contributed by atoms with Crippen LogP contribution in [0.3, 0.4) is 0 Å². The molecule has 0 aromatic heterocycles. The quantitative estimate of drug-likeness (QED) is 0.831. The van der Waals surface area contributed by atoms with Crippen LogP contribution < -0.4 is 5.32 Å². The fourth-order valence-corrected chi connectivity index (χ4v) is 1.52. The van der Waals surface area contributed by atoms with Crippen LogP contribution in [-0.4, -0.2) is 23.7 Å². The van der Waals surface area contributed by atoms with Crippen LogP contribution in [0.5, 0.6) is 0 Å². The molecule has 1 aromatic rings. The highest BCUT2D eigenvalue weighted by atomic mass is 35.5. The Morgan fingerprint density at radius 3 is 2.81 bits per heavy atom. The molecule has 0 fully saturated rings. The number of nitrogens with one attached hydrogen (secondary N) is 1. The van der Waals surface area contributed by atoms with Crippen molar-refractivity contribution in [3.8, 4) is 0 Å². The lowest BCUT2D eigenvalue weighted by Crippen LogP contribution is -2.27. The van der Waals surface area contributed by atoms with Crippen LogP contribution in [-0.2, 0) is 0 Å². The monoisotopic (exact) mass is 241 g/mol. The molecule has 16 heavy (non-hydrogen) atoms. The summed E-state index contributed by atoms with van der Waals surface area (Å²) in [5.41, 5.74) is 0.468. The van der Waals surface area contributed by atoms with Crippen molar-refractivity contribution in [3.63, 3.8) is 0 Å². The van der Waals surface area contributed by atoms with Crippen LogP contribution in [0.2, 0.25) is 5.02 Å². The minimum absolute atomic E-state index is 0.200. The SMILES string of the molecule is CCC(O)CCNC(=O)c1ccccc1Cl. The van der Waals surface area contributed by atoms with E-state index >= 15 is 0 Å². The summed E-state index contributed by atoms with van der Waals surface area (Å²) in [6.45, 7) is 2.36. The highest BCUT2D eigenvalue weighted by Gasteiger charge is 2.09. The lowest BCUT2D eigenvalue weighted by Gasteiger charge is -2.09. The van der Waals surface area contributed by atoms with Gasteiger partial charge >= 0.3 is 0 Å². The molecule has 0 aliphatic heterocycles. The maximum atomic E-state index is 11.7. The molecule has 88 valence electrons. The molecule has 0 aliphatic rings. The van der Waals surface area contributed by atoms with Gasteiger partial charge in [0, 0.05) is 6.54 Å². The Balaban J connectivity index is 2.44. The van der Waals surface area contributed by atoms with Crippen LogP contribution in [0, 0.1) is 0 Å². The van der Waals surface area contributed by atoms with E-state index in [1.165, 1.54) is 0 Å². The van der Waals surface area contributed by atoms with E-state index in [-0.39, 0.29) is 12.0 Å². The van der Waals surface area contributed by atoms with Crippen molar-refractivity contribution in [1.29, 1.82) is 0 Å². The second-order valence-corrected chi connectivity index (χ2v) is 3.99. The number of hydrogen-bond donors (Lipinski definition) is 2. The van der Waals surface area contributed by atoms with E-state index in [1.807, 2.05) is 6.92 Å². The highest BCUT2D eigenvalue weighted by molar-refractivity contribution is 6.33. The van der Waals surface area contributed by atoms with Gasteiger partial charge in [0.05, 0.1) is 16.7 Å². The van der Waals surface area contributed by atoms with Crippen LogP contribution in [0.25, 0.3) is 0 Å². The molecule has 0 saturated carbocycles. The molecule has 0 aliphatic carbocycles. The molecule has 1 amide bonds. The molecule has 1 atom stereocenters. The molecule has 0 heterocycles. The standard InChI is InChI=1S/C12H16ClNO2/c1-2-9(15)7-8-14-12(16)10-5-3-4-6-11(10)13/h3-6,9,15H,2,7-8H2,1H3,(H,14,16). The topological polar surface area (TPSA) is 49.3 Å². The minimum Gasteiger partial charge on any atom is -0.393 e. The van der Waals surface area contributed by atoms with E-state index in [1.54, 1.807) is 24.3 Å².